The lowest BCUT2D eigenvalue weighted by atomic mass is 9.82. The second-order valence-electron chi connectivity index (χ2n) is 18.3. The third-order valence-electron chi connectivity index (χ3n) is 14.5. The van der Waals surface area contributed by atoms with Crippen LogP contribution in [0.1, 0.15) is 25.0 Å². The lowest BCUT2D eigenvalue weighted by Gasteiger charge is -2.28. The standard InChI is InChI=1S/C63H41NO2/c1-63(2)55-26-12-9-21-46(55)47-33-31-39(37-56(47)63)64(57-27-15-25-52-48-22-10-13-28-58(48)65-61(52)57)38-30-32-45-51-34-35-53-49-23-11-14-29-59(49)66-62(53)60(51)50-24-8-7-19-43(50)41-17-4-3-16-40(41)42-18-5-6-20-44(42)54(45)36-38/h3-37H,1-2H3. The maximum atomic E-state index is 6.95. The van der Waals surface area contributed by atoms with Crippen molar-refractivity contribution in [3.63, 3.8) is 0 Å². The Hall–Kier alpha value is -8.40. The summed E-state index contributed by atoms with van der Waals surface area (Å²) in [5.74, 6) is 0. The topological polar surface area (TPSA) is 29.5 Å². The molecule has 0 atom stereocenters. The van der Waals surface area contributed by atoms with Gasteiger partial charge < -0.3 is 13.7 Å². The fraction of sp³-hybridized carbons (Fsp3) is 0.0476. The average Bonchev–Trinajstić information content (AvgIpc) is 4.02. The van der Waals surface area contributed by atoms with Crippen LogP contribution < -0.4 is 4.90 Å². The first-order chi connectivity index (χ1) is 32.5. The summed E-state index contributed by atoms with van der Waals surface area (Å²) in [4.78, 5) is 2.42. The number of anilines is 3. The summed E-state index contributed by atoms with van der Waals surface area (Å²) in [6.07, 6.45) is 0. The quantitative estimate of drug-likeness (QED) is 0.177. The summed E-state index contributed by atoms with van der Waals surface area (Å²) in [5.41, 5.74) is 11.6. The molecular weight excluding hydrogens is 803 g/mol. The second-order valence-corrected chi connectivity index (χ2v) is 18.3. The minimum absolute atomic E-state index is 0.184. The van der Waals surface area contributed by atoms with Gasteiger partial charge in [0.1, 0.15) is 16.7 Å². The first-order valence-electron chi connectivity index (χ1n) is 22.8. The molecule has 2 aromatic heterocycles. The van der Waals surface area contributed by atoms with E-state index in [9.17, 15) is 0 Å². The Morgan fingerprint density at radius 1 is 0.318 bits per heavy atom. The van der Waals surface area contributed by atoms with Crippen LogP contribution in [-0.4, -0.2) is 0 Å². The van der Waals surface area contributed by atoms with Gasteiger partial charge in [0, 0.05) is 43.7 Å². The Kier molecular flexibility index (Phi) is 7.74. The molecule has 0 radical (unpaired) electrons. The Balaban J connectivity index is 1.16. The van der Waals surface area contributed by atoms with Crippen molar-refractivity contribution in [2.75, 3.05) is 4.90 Å². The highest BCUT2D eigenvalue weighted by atomic mass is 16.3. The van der Waals surface area contributed by atoms with Crippen molar-refractivity contribution in [2.45, 2.75) is 19.3 Å². The minimum Gasteiger partial charge on any atom is -0.455 e. The third kappa shape index (κ3) is 5.20. The highest BCUT2D eigenvalue weighted by molar-refractivity contribution is 6.31. The molecule has 1 aliphatic rings. The van der Waals surface area contributed by atoms with Crippen LogP contribution in [0.4, 0.5) is 17.1 Å². The van der Waals surface area contributed by atoms with Gasteiger partial charge in [-0.2, -0.15) is 0 Å². The monoisotopic (exact) mass is 843 g/mol. The van der Waals surface area contributed by atoms with E-state index in [1.165, 1.54) is 43.8 Å². The molecule has 3 nitrogen and oxygen atoms in total. The Morgan fingerprint density at radius 3 is 1.45 bits per heavy atom. The van der Waals surface area contributed by atoms with Crippen molar-refractivity contribution in [3.8, 4) is 11.1 Å². The van der Waals surface area contributed by atoms with E-state index in [0.717, 1.165) is 93.3 Å². The molecule has 14 rings (SSSR count). The van der Waals surface area contributed by atoms with Gasteiger partial charge in [-0.15, -0.1) is 0 Å². The third-order valence-corrected chi connectivity index (χ3v) is 14.5. The number of hydrogen-bond donors (Lipinski definition) is 0. The molecular formula is C63H41NO2. The van der Waals surface area contributed by atoms with Crippen LogP contribution >= 0.6 is 0 Å². The summed E-state index contributed by atoms with van der Waals surface area (Å²) >= 11 is 0. The van der Waals surface area contributed by atoms with E-state index in [2.05, 4.69) is 225 Å². The Labute approximate surface area is 380 Å². The van der Waals surface area contributed by atoms with E-state index in [4.69, 9.17) is 8.83 Å². The molecule has 0 unspecified atom stereocenters. The average molecular weight is 844 g/mol. The molecule has 2 heterocycles. The van der Waals surface area contributed by atoms with E-state index >= 15 is 0 Å². The lowest BCUT2D eigenvalue weighted by Crippen LogP contribution is -2.16. The molecule has 66 heavy (non-hydrogen) atoms. The van der Waals surface area contributed by atoms with Gasteiger partial charge in [0.25, 0.3) is 0 Å². The molecule has 13 aromatic rings. The van der Waals surface area contributed by atoms with Crippen LogP contribution in [0.25, 0.3) is 109 Å². The number of benzene rings is 10. The van der Waals surface area contributed by atoms with E-state index in [-0.39, 0.29) is 5.41 Å². The van der Waals surface area contributed by atoms with E-state index in [1.807, 2.05) is 6.07 Å². The summed E-state index contributed by atoms with van der Waals surface area (Å²) in [5, 5.41) is 15.9. The molecule has 11 aromatic carbocycles. The summed E-state index contributed by atoms with van der Waals surface area (Å²) in [7, 11) is 0. The van der Waals surface area contributed by atoms with E-state index in [1.54, 1.807) is 0 Å². The molecule has 0 N–H and O–H groups in total. The number of nitrogens with zero attached hydrogens (tertiary/aromatic N) is 1. The zero-order chi connectivity index (χ0) is 43.7. The largest absolute Gasteiger partial charge is 0.455 e. The predicted octanol–water partition coefficient (Wildman–Crippen LogP) is 18.2. The van der Waals surface area contributed by atoms with Crippen molar-refractivity contribution in [2.24, 2.45) is 0 Å². The molecule has 310 valence electrons. The lowest BCUT2D eigenvalue weighted by molar-refractivity contribution is 0.660. The number of rotatable bonds is 3. The Morgan fingerprint density at radius 2 is 0.758 bits per heavy atom. The van der Waals surface area contributed by atoms with Gasteiger partial charge in [-0.1, -0.05) is 178 Å². The Bertz CT molecular complexity index is 4280. The van der Waals surface area contributed by atoms with Crippen LogP contribution in [0.15, 0.2) is 221 Å². The first kappa shape index (κ1) is 37.0. The molecule has 0 saturated carbocycles. The molecule has 0 spiro atoms. The smallest absolute Gasteiger partial charge is 0.159 e. The van der Waals surface area contributed by atoms with Gasteiger partial charge in [0.05, 0.1) is 5.69 Å². The normalized spacial score (nSPS) is 13.1. The molecule has 1 aliphatic carbocycles. The van der Waals surface area contributed by atoms with Gasteiger partial charge in [0.2, 0.25) is 0 Å². The van der Waals surface area contributed by atoms with Gasteiger partial charge in [-0.3, -0.25) is 0 Å². The fourth-order valence-corrected chi connectivity index (χ4v) is 11.4. The molecule has 0 fully saturated rings. The zero-order valence-electron chi connectivity index (χ0n) is 36.5. The maximum Gasteiger partial charge on any atom is 0.159 e. The molecule has 0 saturated heterocycles. The summed E-state index contributed by atoms with van der Waals surface area (Å²) in [6.45, 7) is 4.71. The van der Waals surface area contributed by atoms with Gasteiger partial charge >= 0.3 is 0 Å². The molecule has 0 amide bonds. The number of furan rings is 2. The highest BCUT2D eigenvalue weighted by Crippen LogP contribution is 2.52. The maximum absolute atomic E-state index is 6.95. The van der Waals surface area contributed by atoms with Crippen molar-refractivity contribution in [1.29, 1.82) is 0 Å². The van der Waals surface area contributed by atoms with Gasteiger partial charge in [-0.25, -0.2) is 0 Å². The predicted molar refractivity (Wildman–Crippen MR) is 278 cm³/mol. The molecule has 0 bridgehead atoms. The van der Waals surface area contributed by atoms with Gasteiger partial charge in [0.15, 0.2) is 5.58 Å². The van der Waals surface area contributed by atoms with E-state index in [0.29, 0.717) is 0 Å². The second kappa shape index (κ2) is 13.8. The van der Waals surface area contributed by atoms with Crippen LogP contribution in [0, 0.1) is 0 Å². The number of fused-ring (bicyclic) bond motifs is 20. The van der Waals surface area contributed by atoms with Crippen LogP contribution in [0.5, 0.6) is 0 Å². The first-order valence-corrected chi connectivity index (χ1v) is 22.8. The number of para-hydroxylation sites is 3. The van der Waals surface area contributed by atoms with Crippen molar-refractivity contribution < 1.29 is 8.83 Å². The fourth-order valence-electron chi connectivity index (χ4n) is 11.4. The van der Waals surface area contributed by atoms with E-state index < -0.39 is 0 Å². The van der Waals surface area contributed by atoms with Crippen LogP contribution in [0.3, 0.4) is 0 Å². The van der Waals surface area contributed by atoms with Crippen LogP contribution in [0.2, 0.25) is 0 Å². The van der Waals surface area contributed by atoms with Crippen molar-refractivity contribution >= 4 is 115 Å². The van der Waals surface area contributed by atoms with Crippen LogP contribution in [-0.2, 0) is 5.41 Å². The molecule has 0 aliphatic heterocycles. The summed E-state index contributed by atoms with van der Waals surface area (Å²) in [6, 6.07) is 77.5. The highest BCUT2D eigenvalue weighted by Gasteiger charge is 2.36. The SMILES string of the molecule is CC1(C)c2ccccc2-c2ccc(N(c3ccc4c(c3)c3ccccc3c3ccccc3c3ccccc3c3c4ccc4c5ccccc5oc43)c3cccc4c3oc3ccccc34)cc21. The van der Waals surface area contributed by atoms with Crippen molar-refractivity contribution in [1.82, 2.24) is 0 Å². The zero-order valence-corrected chi connectivity index (χ0v) is 36.5. The number of hydrogen-bond acceptors (Lipinski definition) is 3. The summed E-state index contributed by atoms with van der Waals surface area (Å²) < 4.78 is 13.8. The van der Waals surface area contributed by atoms with Gasteiger partial charge in [-0.05, 0) is 119 Å². The molecule has 3 heteroatoms. The minimum atomic E-state index is -0.184. The van der Waals surface area contributed by atoms with Crippen molar-refractivity contribution in [3.05, 3.63) is 223 Å².